The van der Waals surface area contributed by atoms with Crippen molar-refractivity contribution in [1.82, 2.24) is 19.8 Å². The average molecular weight is 387 g/mol. The highest BCUT2D eigenvalue weighted by Crippen LogP contribution is 2.25. The molecule has 3 saturated heterocycles. The maximum absolute atomic E-state index is 13.1. The number of hydrogen-bond donors (Lipinski definition) is 1. The Morgan fingerprint density at radius 1 is 0.964 bits per heavy atom. The summed E-state index contributed by atoms with van der Waals surface area (Å²) in [6.07, 6.45) is 7.09. The van der Waals surface area contributed by atoms with Crippen molar-refractivity contribution >= 4 is 11.7 Å². The van der Waals surface area contributed by atoms with Gasteiger partial charge in [0.15, 0.2) is 0 Å². The Kier molecular flexibility index (Phi) is 5.83. The van der Waals surface area contributed by atoms with E-state index in [9.17, 15) is 4.79 Å². The molecule has 1 atom stereocenters. The monoisotopic (exact) mass is 386 g/mol. The first-order valence-electron chi connectivity index (χ1n) is 10.9. The fourth-order valence-corrected chi connectivity index (χ4v) is 4.86. The molecule has 154 valence electrons. The molecule has 0 aromatic carbocycles. The number of piperidine rings is 2. The Balaban J connectivity index is 1.44. The molecule has 0 unspecified atom stereocenters. The van der Waals surface area contributed by atoms with Crippen LogP contribution in [-0.2, 0) is 0 Å². The summed E-state index contributed by atoms with van der Waals surface area (Å²) in [5, 5.41) is 0. The van der Waals surface area contributed by atoms with Gasteiger partial charge < -0.3 is 20.4 Å². The van der Waals surface area contributed by atoms with E-state index in [1.807, 2.05) is 18.7 Å². The van der Waals surface area contributed by atoms with Gasteiger partial charge in [0.2, 0.25) is 5.82 Å². The van der Waals surface area contributed by atoms with Crippen LogP contribution in [0, 0.1) is 13.8 Å². The lowest BCUT2D eigenvalue weighted by Gasteiger charge is -2.40. The van der Waals surface area contributed by atoms with Gasteiger partial charge in [0, 0.05) is 49.5 Å². The lowest BCUT2D eigenvalue weighted by atomic mass is 10.00. The standard InChI is InChI=1S/C21H34N6O/c1-15-16(2)23-19(24-20(15)27-11-6-17(22)14-27)21(28)26-12-7-18(8-13-26)25-9-4-3-5-10-25/h17-18H,3-14,22H2,1-2H3/t17-/m1/s1. The van der Waals surface area contributed by atoms with Crippen LogP contribution in [0.3, 0.4) is 0 Å². The molecular formula is C21H34N6O. The van der Waals surface area contributed by atoms with Crippen LogP contribution in [0.25, 0.3) is 0 Å². The first-order chi connectivity index (χ1) is 13.5. The van der Waals surface area contributed by atoms with Gasteiger partial charge in [-0.3, -0.25) is 4.79 Å². The topological polar surface area (TPSA) is 78.6 Å². The molecule has 3 aliphatic rings. The van der Waals surface area contributed by atoms with Gasteiger partial charge in [-0.1, -0.05) is 6.42 Å². The van der Waals surface area contributed by atoms with E-state index in [1.165, 1.54) is 32.4 Å². The molecule has 1 amide bonds. The smallest absolute Gasteiger partial charge is 0.291 e. The van der Waals surface area contributed by atoms with E-state index >= 15 is 0 Å². The van der Waals surface area contributed by atoms with Gasteiger partial charge in [0.05, 0.1) is 0 Å². The molecule has 4 rings (SSSR count). The van der Waals surface area contributed by atoms with E-state index in [1.54, 1.807) is 0 Å². The molecule has 28 heavy (non-hydrogen) atoms. The molecule has 0 saturated carbocycles. The number of nitrogens with zero attached hydrogens (tertiary/aromatic N) is 5. The van der Waals surface area contributed by atoms with Gasteiger partial charge in [0.25, 0.3) is 5.91 Å². The van der Waals surface area contributed by atoms with Gasteiger partial charge in [-0.25, -0.2) is 9.97 Å². The second-order valence-electron chi connectivity index (χ2n) is 8.70. The molecular weight excluding hydrogens is 352 g/mol. The number of nitrogens with two attached hydrogens (primary N) is 1. The molecule has 0 spiro atoms. The van der Waals surface area contributed by atoms with Crippen molar-refractivity contribution in [2.45, 2.75) is 64.5 Å². The first kappa shape index (κ1) is 19.6. The number of hydrogen-bond acceptors (Lipinski definition) is 6. The van der Waals surface area contributed by atoms with Gasteiger partial charge in [0.1, 0.15) is 5.82 Å². The molecule has 0 radical (unpaired) electrons. The van der Waals surface area contributed by atoms with Crippen molar-refractivity contribution in [2.75, 3.05) is 44.2 Å². The van der Waals surface area contributed by atoms with E-state index in [-0.39, 0.29) is 11.9 Å². The van der Waals surface area contributed by atoms with Crippen LogP contribution in [-0.4, -0.2) is 77.0 Å². The summed E-state index contributed by atoms with van der Waals surface area (Å²) >= 11 is 0. The van der Waals surface area contributed by atoms with Crippen molar-refractivity contribution in [3.05, 3.63) is 17.1 Å². The second kappa shape index (κ2) is 8.33. The van der Waals surface area contributed by atoms with Crippen LogP contribution < -0.4 is 10.6 Å². The number of anilines is 1. The van der Waals surface area contributed by atoms with E-state index in [2.05, 4.69) is 14.8 Å². The highest BCUT2D eigenvalue weighted by Gasteiger charge is 2.30. The molecule has 3 fully saturated rings. The van der Waals surface area contributed by atoms with Crippen LogP contribution in [0.1, 0.15) is 60.4 Å². The minimum Gasteiger partial charge on any atom is -0.355 e. The van der Waals surface area contributed by atoms with E-state index in [0.29, 0.717) is 11.9 Å². The molecule has 0 aliphatic carbocycles. The fraction of sp³-hybridized carbons (Fsp3) is 0.762. The van der Waals surface area contributed by atoms with Crippen molar-refractivity contribution in [1.29, 1.82) is 0 Å². The Morgan fingerprint density at radius 3 is 2.32 bits per heavy atom. The number of carbonyl (C=O) groups is 1. The molecule has 0 bridgehead atoms. The van der Waals surface area contributed by atoms with Crippen LogP contribution >= 0.6 is 0 Å². The maximum atomic E-state index is 13.1. The largest absolute Gasteiger partial charge is 0.355 e. The molecule has 2 N–H and O–H groups in total. The Morgan fingerprint density at radius 2 is 1.68 bits per heavy atom. The van der Waals surface area contributed by atoms with Crippen LogP contribution in [0.2, 0.25) is 0 Å². The Labute approximate surface area is 168 Å². The number of carbonyl (C=O) groups excluding carboxylic acids is 1. The number of aryl methyl sites for hydroxylation is 1. The molecule has 1 aromatic rings. The minimum absolute atomic E-state index is 0.0232. The second-order valence-corrected chi connectivity index (χ2v) is 8.70. The van der Waals surface area contributed by atoms with Gasteiger partial charge in [-0.15, -0.1) is 0 Å². The van der Waals surface area contributed by atoms with Crippen LogP contribution in [0.4, 0.5) is 5.82 Å². The quantitative estimate of drug-likeness (QED) is 0.852. The predicted octanol–water partition coefficient (Wildman–Crippen LogP) is 1.72. The lowest BCUT2D eigenvalue weighted by molar-refractivity contribution is 0.0579. The van der Waals surface area contributed by atoms with Gasteiger partial charge in [-0.05, 0) is 59.0 Å². The number of rotatable bonds is 3. The zero-order valence-corrected chi connectivity index (χ0v) is 17.4. The summed E-state index contributed by atoms with van der Waals surface area (Å²) < 4.78 is 0. The summed E-state index contributed by atoms with van der Waals surface area (Å²) in [5.74, 6) is 1.20. The molecule has 3 aliphatic heterocycles. The van der Waals surface area contributed by atoms with Crippen molar-refractivity contribution in [3.8, 4) is 0 Å². The summed E-state index contributed by atoms with van der Waals surface area (Å²) in [4.78, 5) is 29.1. The maximum Gasteiger partial charge on any atom is 0.291 e. The summed E-state index contributed by atoms with van der Waals surface area (Å²) in [6.45, 7) is 9.75. The van der Waals surface area contributed by atoms with Gasteiger partial charge >= 0.3 is 0 Å². The molecule has 7 nitrogen and oxygen atoms in total. The number of likely N-dealkylation sites (tertiary alicyclic amines) is 2. The molecule has 1 aromatic heterocycles. The van der Waals surface area contributed by atoms with Crippen LogP contribution in [0.15, 0.2) is 0 Å². The number of aromatic nitrogens is 2. The fourth-order valence-electron chi connectivity index (χ4n) is 4.86. The highest BCUT2D eigenvalue weighted by molar-refractivity contribution is 5.91. The predicted molar refractivity (Wildman–Crippen MR) is 111 cm³/mol. The van der Waals surface area contributed by atoms with Crippen molar-refractivity contribution in [2.24, 2.45) is 5.73 Å². The SMILES string of the molecule is Cc1nc(C(=O)N2CCC(N3CCCCC3)CC2)nc(N2CC[C@@H](N)C2)c1C. The Hall–Kier alpha value is -1.73. The van der Waals surface area contributed by atoms with Crippen molar-refractivity contribution < 1.29 is 4.79 Å². The average Bonchev–Trinajstić information content (AvgIpc) is 3.16. The summed E-state index contributed by atoms with van der Waals surface area (Å²) in [6, 6.07) is 0.814. The Bertz CT molecular complexity index is 709. The van der Waals surface area contributed by atoms with Gasteiger partial charge in [-0.2, -0.15) is 0 Å². The zero-order valence-electron chi connectivity index (χ0n) is 17.4. The van der Waals surface area contributed by atoms with E-state index < -0.39 is 0 Å². The van der Waals surface area contributed by atoms with Crippen LogP contribution in [0.5, 0.6) is 0 Å². The minimum atomic E-state index is -0.0232. The first-order valence-corrected chi connectivity index (χ1v) is 10.9. The third-order valence-corrected chi connectivity index (χ3v) is 6.74. The lowest BCUT2D eigenvalue weighted by Crippen LogP contribution is -2.48. The third-order valence-electron chi connectivity index (χ3n) is 6.74. The van der Waals surface area contributed by atoms with Crippen molar-refractivity contribution in [3.63, 3.8) is 0 Å². The van der Waals surface area contributed by atoms with E-state index in [4.69, 9.17) is 10.7 Å². The third kappa shape index (κ3) is 4.01. The highest BCUT2D eigenvalue weighted by atomic mass is 16.2. The summed E-state index contributed by atoms with van der Waals surface area (Å²) in [7, 11) is 0. The molecule has 7 heteroatoms. The number of amides is 1. The zero-order chi connectivity index (χ0) is 19.7. The molecule has 4 heterocycles. The normalized spacial score (nSPS) is 24.8. The summed E-state index contributed by atoms with van der Waals surface area (Å²) in [5.41, 5.74) is 8.01. The van der Waals surface area contributed by atoms with E-state index in [0.717, 1.165) is 62.5 Å².